The number of aliphatic hydroxyl groups is 1. The smallest absolute Gasteiger partial charge is 0.407 e. The highest BCUT2D eigenvalue weighted by Gasteiger charge is 2.39. The standard InChI is InChI=1S/C20H37N2O13P/c1-4-16(23)33-13-15(35-17(24)5-2)14-34-19(26)22-9-10-31-11-12-32-18(25)21-8-6-7-20(3,27)36(28,29)30/h15,27H,4-14H2,1-3H3,(H,21,25)(H,22,26)(H2,28,29,30). The fourth-order valence-electron chi connectivity index (χ4n) is 2.22. The Morgan fingerprint density at radius 3 is 2.06 bits per heavy atom. The van der Waals surface area contributed by atoms with Crippen molar-refractivity contribution in [1.29, 1.82) is 0 Å². The van der Waals surface area contributed by atoms with Gasteiger partial charge in [-0.3, -0.25) is 14.2 Å². The average molecular weight is 544 g/mol. The minimum absolute atomic E-state index is 0.0366. The van der Waals surface area contributed by atoms with Crippen molar-refractivity contribution in [2.45, 2.75) is 57.9 Å². The summed E-state index contributed by atoms with van der Waals surface area (Å²) in [6.07, 6.45) is -2.33. The number of ether oxygens (including phenoxy) is 5. The molecular formula is C20H37N2O13P. The average Bonchev–Trinajstić information content (AvgIpc) is 2.81. The second-order valence-electron chi connectivity index (χ2n) is 7.57. The third-order valence-corrected chi connectivity index (χ3v) is 5.89. The molecule has 0 aliphatic carbocycles. The van der Waals surface area contributed by atoms with Crippen LogP contribution in [0.3, 0.4) is 0 Å². The molecule has 0 saturated carbocycles. The summed E-state index contributed by atoms with van der Waals surface area (Å²) in [4.78, 5) is 64.0. The Kier molecular flexibility index (Phi) is 16.7. The van der Waals surface area contributed by atoms with Gasteiger partial charge in [-0.05, 0) is 19.8 Å². The molecule has 0 aliphatic rings. The summed E-state index contributed by atoms with van der Waals surface area (Å²) >= 11 is 0. The van der Waals surface area contributed by atoms with E-state index < -0.39 is 43.2 Å². The van der Waals surface area contributed by atoms with E-state index in [4.69, 9.17) is 33.5 Å². The number of alkyl carbamates (subject to hydrolysis) is 2. The van der Waals surface area contributed by atoms with Crippen molar-refractivity contribution in [2.75, 3.05) is 46.1 Å². The van der Waals surface area contributed by atoms with E-state index in [1.165, 1.54) is 0 Å². The molecule has 0 aromatic heterocycles. The van der Waals surface area contributed by atoms with Crippen molar-refractivity contribution >= 4 is 31.7 Å². The maximum absolute atomic E-state index is 11.7. The van der Waals surface area contributed by atoms with Crippen LogP contribution >= 0.6 is 7.60 Å². The van der Waals surface area contributed by atoms with Crippen LogP contribution in [0.5, 0.6) is 0 Å². The zero-order valence-corrected chi connectivity index (χ0v) is 21.6. The lowest BCUT2D eigenvalue weighted by atomic mass is 10.2. The van der Waals surface area contributed by atoms with E-state index in [9.17, 15) is 28.8 Å². The Morgan fingerprint density at radius 1 is 0.861 bits per heavy atom. The number of esters is 2. The van der Waals surface area contributed by atoms with Crippen LogP contribution < -0.4 is 10.6 Å². The van der Waals surface area contributed by atoms with Gasteiger partial charge in [-0.2, -0.15) is 0 Å². The first-order valence-corrected chi connectivity index (χ1v) is 13.0. The Hall–Kier alpha value is -2.45. The Morgan fingerprint density at radius 2 is 1.44 bits per heavy atom. The fraction of sp³-hybridized carbons (Fsp3) is 0.800. The van der Waals surface area contributed by atoms with Crippen LogP contribution in [0, 0.1) is 0 Å². The van der Waals surface area contributed by atoms with E-state index in [0.717, 1.165) is 6.92 Å². The maximum Gasteiger partial charge on any atom is 0.407 e. The molecule has 5 N–H and O–H groups in total. The van der Waals surface area contributed by atoms with Crippen molar-refractivity contribution in [1.82, 2.24) is 10.6 Å². The normalized spacial score (nSPS) is 13.6. The summed E-state index contributed by atoms with van der Waals surface area (Å²) in [5.41, 5.74) is 0. The molecule has 0 radical (unpaired) electrons. The number of carbonyl (C=O) groups is 4. The van der Waals surface area contributed by atoms with Crippen molar-refractivity contribution in [2.24, 2.45) is 0 Å². The highest BCUT2D eigenvalue weighted by Crippen LogP contribution is 2.50. The van der Waals surface area contributed by atoms with Gasteiger partial charge in [-0.1, -0.05) is 13.8 Å². The van der Waals surface area contributed by atoms with Crippen LogP contribution in [0.2, 0.25) is 0 Å². The molecule has 0 bridgehead atoms. The minimum Gasteiger partial charge on any atom is -0.462 e. The van der Waals surface area contributed by atoms with E-state index in [0.29, 0.717) is 0 Å². The van der Waals surface area contributed by atoms with E-state index in [1.807, 2.05) is 0 Å². The number of carbonyl (C=O) groups excluding carboxylic acids is 4. The molecule has 0 aromatic rings. The van der Waals surface area contributed by atoms with Gasteiger partial charge in [-0.25, -0.2) is 9.59 Å². The zero-order valence-electron chi connectivity index (χ0n) is 20.7. The van der Waals surface area contributed by atoms with E-state index in [-0.39, 0.29) is 71.8 Å². The maximum atomic E-state index is 11.7. The van der Waals surface area contributed by atoms with Gasteiger partial charge in [0.2, 0.25) is 0 Å². The molecule has 210 valence electrons. The highest BCUT2D eigenvalue weighted by molar-refractivity contribution is 7.53. The molecule has 0 saturated heterocycles. The molecule has 16 heteroatoms. The molecule has 0 fully saturated rings. The van der Waals surface area contributed by atoms with Gasteiger partial charge in [0.25, 0.3) is 0 Å². The first kappa shape index (κ1) is 33.5. The zero-order chi connectivity index (χ0) is 27.6. The molecule has 2 unspecified atom stereocenters. The SMILES string of the molecule is CCC(=O)OCC(COC(=O)NCCOCCOC(=O)NCCCC(C)(O)P(=O)(O)O)OC(=O)CC. The second kappa shape index (κ2) is 17.9. The van der Waals surface area contributed by atoms with E-state index >= 15 is 0 Å². The summed E-state index contributed by atoms with van der Waals surface area (Å²) in [7, 11) is -4.67. The third kappa shape index (κ3) is 16.3. The number of nitrogens with one attached hydrogen (secondary N) is 2. The predicted octanol–water partition coefficient (Wildman–Crippen LogP) is 0.397. The predicted molar refractivity (Wildman–Crippen MR) is 123 cm³/mol. The Balaban J connectivity index is 3.91. The first-order chi connectivity index (χ1) is 16.8. The summed E-state index contributed by atoms with van der Waals surface area (Å²) in [5.74, 6) is -1.02. The largest absolute Gasteiger partial charge is 0.462 e. The van der Waals surface area contributed by atoms with Crippen LogP contribution in [-0.2, 0) is 37.8 Å². The number of hydrogen-bond acceptors (Lipinski definition) is 11. The highest BCUT2D eigenvalue weighted by atomic mass is 31.2. The summed E-state index contributed by atoms with van der Waals surface area (Å²) in [6, 6.07) is 0. The number of hydrogen-bond donors (Lipinski definition) is 5. The van der Waals surface area contributed by atoms with E-state index in [2.05, 4.69) is 10.6 Å². The molecule has 2 amide bonds. The summed E-state index contributed by atoms with van der Waals surface area (Å²) in [5, 5.41) is 12.3. The van der Waals surface area contributed by atoms with Gasteiger partial charge in [0.15, 0.2) is 11.4 Å². The molecule has 0 heterocycles. The van der Waals surface area contributed by atoms with Crippen LogP contribution in [0.25, 0.3) is 0 Å². The van der Waals surface area contributed by atoms with Crippen molar-refractivity contribution in [3.05, 3.63) is 0 Å². The fourth-order valence-corrected chi connectivity index (χ4v) is 2.67. The lowest BCUT2D eigenvalue weighted by Gasteiger charge is -2.24. The van der Waals surface area contributed by atoms with Gasteiger partial charge < -0.3 is 49.2 Å². The molecule has 0 rings (SSSR count). The Bertz CT molecular complexity index is 741. The molecule has 0 aromatic carbocycles. The topological polar surface area (TPSA) is 216 Å². The first-order valence-electron chi connectivity index (χ1n) is 11.3. The summed E-state index contributed by atoms with van der Waals surface area (Å²) in [6.45, 7) is 3.82. The van der Waals surface area contributed by atoms with Gasteiger partial charge >= 0.3 is 31.7 Å². The monoisotopic (exact) mass is 544 g/mol. The van der Waals surface area contributed by atoms with E-state index in [1.54, 1.807) is 13.8 Å². The molecule has 36 heavy (non-hydrogen) atoms. The second-order valence-corrected chi connectivity index (χ2v) is 9.62. The van der Waals surface area contributed by atoms with Gasteiger partial charge in [0, 0.05) is 25.9 Å². The van der Waals surface area contributed by atoms with Crippen molar-refractivity contribution in [3.8, 4) is 0 Å². The number of amides is 2. The lowest BCUT2D eigenvalue weighted by molar-refractivity contribution is -0.161. The molecular weight excluding hydrogens is 507 g/mol. The Labute approximate surface area is 209 Å². The summed E-state index contributed by atoms with van der Waals surface area (Å²) < 4.78 is 36.0. The van der Waals surface area contributed by atoms with Crippen LogP contribution in [0.4, 0.5) is 9.59 Å². The van der Waals surface area contributed by atoms with Gasteiger partial charge in [0.05, 0.1) is 13.2 Å². The molecule has 15 nitrogen and oxygen atoms in total. The van der Waals surface area contributed by atoms with Crippen molar-refractivity contribution in [3.63, 3.8) is 0 Å². The van der Waals surface area contributed by atoms with Crippen LogP contribution in [-0.4, -0.2) is 96.6 Å². The third-order valence-electron chi connectivity index (χ3n) is 4.41. The quantitative estimate of drug-likeness (QED) is 0.0684. The van der Waals surface area contributed by atoms with Gasteiger partial charge in [0.1, 0.15) is 19.8 Å². The molecule has 0 spiro atoms. The minimum atomic E-state index is -4.67. The van der Waals surface area contributed by atoms with Crippen molar-refractivity contribution < 1.29 is 62.3 Å². The molecule has 0 aliphatic heterocycles. The van der Waals surface area contributed by atoms with Crippen LogP contribution in [0.1, 0.15) is 46.5 Å². The molecule has 2 atom stereocenters. The van der Waals surface area contributed by atoms with Gasteiger partial charge in [-0.15, -0.1) is 0 Å². The lowest BCUT2D eigenvalue weighted by Crippen LogP contribution is -2.34. The van der Waals surface area contributed by atoms with Crippen LogP contribution in [0.15, 0.2) is 0 Å². The number of rotatable bonds is 18.